The van der Waals surface area contributed by atoms with Crippen LogP contribution in [0.4, 0.5) is 5.69 Å². The molecular weight excluding hydrogens is 260 g/mol. The predicted molar refractivity (Wildman–Crippen MR) is 85.5 cm³/mol. The highest BCUT2D eigenvalue weighted by atomic mass is 16.2. The van der Waals surface area contributed by atoms with Gasteiger partial charge in [-0.15, -0.1) is 0 Å². The second kappa shape index (κ2) is 6.08. The Balaban J connectivity index is 1.70. The summed E-state index contributed by atoms with van der Waals surface area (Å²) in [6.07, 6.45) is 6.03. The Morgan fingerprint density at radius 2 is 2.19 bits per heavy atom. The molecule has 3 rings (SSSR count). The van der Waals surface area contributed by atoms with Gasteiger partial charge in [-0.1, -0.05) is 25.5 Å². The number of fused-ring (bicyclic) bond motifs is 2. The molecule has 2 fully saturated rings. The Labute approximate surface area is 127 Å². The first-order valence-electron chi connectivity index (χ1n) is 8.30. The van der Waals surface area contributed by atoms with Gasteiger partial charge in [-0.2, -0.15) is 0 Å². The lowest BCUT2D eigenvalue weighted by molar-refractivity contribution is -0.137. The molecule has 1 amide bonds. The highest BCUT2D eigenvalue weighted by Gasteiger charge is 2.44. The number of amides is 1. The SMILES string of the molecule is CCCN(Cc1cccc(N)c1)C(=O)C1CC2CCC1C2. The van der Waals surface area contributed by atoms with Gasteiger partial charge in [0.1, 0.15) is 0 Å². The van der Waals surface area contributed by atoms with Crippen LogP contribution in [0.25, 0.3) is 0 Å². The molecule has 2 saturated carbocycles. The number of rotatable bonds is 5. The molecule has 3 atom stereocenters. The van der Waals surface area contributed by atoms with E-state index in [-0.39, 0.29) is 5.92 Å². The highest BCUT2D eigenvalue weighted by Crippen LogP contribution is 2.48. The fraction of sp³-hybridized carbons (Fsp3) is 0.611. The molecule has 3 nitrogen and oxygen atoms in total. The molecule has 3 heteroatoms. The van der Waals surface area contributed by atoms with Crippen LogP contribution >= 0.6 is 0 Å². The average Bonchev–Trinajstić information content (AvgIpc) is 3.09. The predicted octanol–water partition coefficient (Wildman–Crippen LogP) is 3.44. The van der Waals surface area contributed by atoms with Crippen molar-refractivity contribution in [3.8, 4) is 0 Å². The Kier molecular flexibility index (Phi) is 4.18. The molecule has 0 saturated heterocycles. The van der Waals surface area contributed by atoms with Gasteiger partial charge >= 0.3 is 0 Å². The number of benzene rings is 1. The third-order valence-corrected chi connectivity index (χ3v) is 5.18. The minimum Gasteiger partial charge on any atom is -0.399 e. The largest absolute Gasteiger partial charge is 0.399 e. The van der Waals surface area contributed by atoms with Crippen molar-refractivity contribution in [3.05, 3.63) is 29.8 Å². The molecule has 2 bridgehead atoms. The summed E-state index contributed by atoms with van der Waals surface area (Å²) in [4.78, 5) is 15.0. The molecule has 1 aromatic carbocycles. The summed E-state index contributed by atoms with van der Waals surface area (Å²) in [7, 11) is 0. The highest BCUT2D eigenvalue weighted by molar-refractivity contribution is 5.79. The molecule has 0 radical (unpaired) electrons. The second-order valence-corrected chi connectivity index (χ2v) is 6.79. The van der Waals surface area contributed by atoms with Gasteiger partial charge in [0.05, 0.1) is 0 Å². The van der Waals surface area contributed by atoms with E-state index in [2.05, 4.69) is 17.9 Å². The fourth-order valence-corrected chi connectivity index (χ4v) is 4.23. The molecule has 0 aliphatic heterocycles. The van der Waals surface area contributed by atoms with E-state index in [0.29, 0.717) is 18.4 Å². The van der Waals surface area contributed by atoms with Gasteiger partial charge in [0.15, 0.2) is 0 Å². The Morgan fingerprint density at radius 3 is 2.81 bits per heavy atom. The van der Waals surface area contributed by atoms with Crippen LogP contribution in [-0.4, -0.2) is 17.4 Å². The van der Waals surface area contributed by atoms with E-state index in [9.17, 15) is 4.79 Å². The lowest BCUT2D eigenvalue weighted by Gasteiger charge is -2.29. The number of carbonyl (C=O) groups excluding carboxylic acids is 1. The van der Waals surface area contributed by atoms with E-state index in [1.807, 2.05) is 18.2 Å². The molecule has 2 aliphatic carbocycles. The van der Waals surface area contributed by atoms with Crippen molar-refractivity contribution < 1.29 is 4.79 Å². The smallest absolute Gasteiger partial charge is 0.226 e. The summed E-state index contributed by atoms with van der Waals surface area (Å²) in [6.45, 7) is 3.69. The van der Waals surface area contributed by atoms with Gasteiger partial charge in [-0.3, -0.25) is 4.79 Å². The van der Waals surface area contributed by atoms with Crippen molar-refractivity contribution >= 4 is 11.6 Å². The van der Waals surface area contributed by atoms with Crippen LogP contribution in [0.3, 0.4) is 0 Å². The molecule has 3 unspecified atom stereocenters. The van der Waals surface area contributed by atoms with Crippen LogP contribution in [0.2, 0.25) is 0 Å². The summed E-state index contributed by atoms with van der Waals surface area (Å²) in [6, 6.07) is 7.91. The maximum Gasteiger partial charge on any atom is 0.226 e. The number of nitrogens with zero attached hydrogens (tertiary/aromatic N) is 1. The Morgan fingerprint density at radius 1 is 1.33 bits per heavy atom. The van der Waals surface area contributed by atoms with Crippen molar-refractivity contribution in [2.45, 2.75) is 45.6 Å². The summed E-state index contributed by atoms with van der Waals surface area (Å²) in [5.41, 5.74) is 7.77. The molecule has 0 spiro atoms. The van der Waals surface area contributed by atoms with E-state index >= 15 is 0 Å². The van der Waals surface area contributed by atoms with Crippen LogP contribution in [0.1, 0.15) is 44.6 Å². The lowest BCUT2D eigenvalue weighted by atomic mass is 9.87. The standard InChI is InChI=1S/C18H26N2O/c1-2-8-20(12-14-4-3-5-16(19)10-14)18(21)17-11-13-6-7-15(17)9-13/h3-5,10,13,15,17H,2,6-9,11-12,19H2,1H3. The van der Waals surface area contributed by atoms with Crippen LogP contribution < -0.4 is 5.73 Å². The monoisotopic (exact) mass is 286 g/mol. The first-order valence-corrected chi connectivity index (χ1v) is 8.30. The lowest BCUT2D eigenvalue weighted by Crippen LogP contribution is -2.38. The van der Waals surface area contributed by atoms with E-state index in [1.54, 1.807) is 0 Å². The molecule has 0 aromatic heterocycles. The van der Waals surface area contributed by atoms with Crippen molar-refractivity contribution in [3.63, 3.8) is 0 Å². The second-order valence-electron chi connectivity index (χ2n) is 6.79. The third-order valence-electron chi connectivity index (χ3n) is 5.18. The van der Waals surface area contributed by atoms with Crippen LogP contribution in [0, 0.1) is 17.8 Å². The minimum absolute atomic E-state index is 0.288. The van der Waals surface area contributed by atoms with Crippen molar-refractivity contribution in [2.75, 3.05) is 12.3 Å². The maximum atomic E-state index is 12.9. The van der Waals surface area contributed by atoms with E-state index in [0.717, 1.165) is 36.6 Å². The van der Waals surface area contributed by atoms with Gasteiger partial charge in [0.2, 0.25) is 5.91 Å². The van der Waals surface area contributed by atoms with Crippen LogP contribution in [0.5, 0.6) is 0 Å². The van der Waals surface area contributed by atoms with Crippen LogP contribution in [0.15, 0.2) is 24.3 Å². The van der Waals surface area contributed by atoms with Crippen molar-refractivity contribution in [2.24, 2.45) is 17.8 Å². The number of anilines is 1. The number of hydrogen-bond donors (Lipinski definition) is 1. The molecule has 2 N–H and O–H groups in total. The minimum atomic E-state index is 0.288. The quantitative estimate of drug-likeness (QED) is 0.843. The molecule has 114 valence electrons. The summed E-state index contributed by atoms with van der Waals surface area (Å²) >= 11 is 0. The van der Waals surface area contributed by atoms with E-state index in [1.165, 1.54) is 19.3 Å². The summed E-state index contributed by atoms with van der Waals surface area (Å²) < 4.78 is 0. The van der Waals surface area contributed by atoms with E-state index < -0.39 is 0 Å². The molecule has 21 heavy (non-hydrogen) atoms. The number of nitrogen functional groups attached to an aromatic ring is 1. The molecule has 0 heterocycles. The summed E-state index contributed by atoms with van der Waals surface area (Å²) in [5, 5.41) is 0. The molecule has 1 aromatic rings. The number of nitrogens with two attached hydrogens (primary N) is 1. The topological polar surface area (TPSA) is 46.3 Å². The normalized spacial score (nSPS) is 27.0. The Bertz CT molecular complexity index is 514. The van der Waals surface area contributed by atoms with Gasteiger partial charge in [-0.25, -0.2) is 0 Å². The Hall–Kier alpha value is -1.51. The number of carbonyl (C=O) groups is 1. The van der Waals surface area contributed by atoms with Gasteiger partial charge < -0.3 is 10.6 Å². The zero-order chi connectivity index (χ0) is 14.8. The maximum absolute atomic E-state index is 12.9. The molecular formula is C18H26N2O. The summed E-state index contributed by atoms with van der Waals surface area (Å²) in [5.74, 6) is 2.14. The molecule has 2 aliphatic rings. The zero-order valence-corrected chi connectivity index (χ0v) is 12.9. The number of hydrogen-bond acceptors (Lipinski definition) is 2. The first kappa shape index (κ1) is 14.4. The van der Waals surface area contributed by atoms with Gasteiger partial charge in [-0.05, 0) is 55.2 Å². The third kappa shape index (κ3) is 3.07. The zero-order valence-electron chi connectivity index (χ0n) is 12.9. The first-order chi connectivity index (χ1) is 10.2. The van der Waals surface area contributed by atoms with E-state index in [4.69, 9.17) is 5.73 Å². The van der Waals surface area contributed by atoms with Crippen LogP contribution in [-0.2, 0) is 11.3 Å². The van der Waals surface area contributed by atoms with Crippen molar-refractivity contribution in [1.82, 2.24) is 4.90 Å². The van der Waals surface area contributed by atoms with Gasteiger partial charge in [0.25, 0.3) is 0 Å². The van der Waals surface area contributed by atoms with Crippen molar-refractivity contribution in [1.29, 1.82) is 0 Å². The average molecular weight is 286 g/mol. The fourth-order valence-electron chi connectivity index (χ4n) is 4.23. The van der Waals surface area contributed by atoms with Gasteiger partial charge in [0, 0.05) is 24.7 Å².